The predicted molar refractivity (Wildman–Crippen MR) is 122 cm³/mol. The van der Waals surface area contributed by atoms with Crippen molar-refractivity contribution in [2.45, 2.75) is 19.4 Å². The Morgan fingerprint density at radius 3 is 2.56 bits per heavy atom. The number of halogens is 2. The van der Waals surface area contributed by atoms with Crippen molar-refractivity contribution >= 4 is 16.9 Å². The zero-order valence-electron chi connectivity index (χ0n) is 18.8. The maximum absolute atomic E-state index is 14.0. The zero-order valence-corrected chi connectivity index (χ0v) is 18.8. The molecular formula is C24H23F2N5O3. The second-order valence-corrected chi connectivity index (χ2v) is 7.60. The minimum absolute atomic E-state index is 0.0840. The van der Waals surface area contributed by atoms with Crippen molar-refractivity contribution in [3.63, 3.8) is 0 Å². The van der Waals surface area contributed by atoms with Crippen LogP contribution in [-0.2, 0) is 11.8 Å². The number of fused-ring (bicyclic) bond motifs is 1. The van der Waals surface area contributed by atoms with Crippen LogP contribution in [0.5, 0.6) is 11.8 Å². The van der Waals surface area contributed by atoms with Gasteiger partial charge in [-0.1, -0.05) is 36.4 Å². The van der Waals surface area contributed by atoms with Crippen LogP contribution in [-0.4, -0.2) is 39.4 Å². The number of carbonyl (C=O) groups excluding carboxylic acids is 1. The summed E-state index contributed by atoms with van der Waals surface area (Å²) >= 11 is 0. The van der Waals surface area contributed by atoms with Gasteiger partial charge in [-0.15, -0.1) is 0 Å². The van der Waals surface area contributed by atoms with Crippen LogP contribution < -0.4 is 14.8 Å². The van der Waals surface area contributed by atoms with Gasteiger partial charge in [0, 0.05) is 36.5 Å². The van der Waals surface area contributed by atoms with Crippen LogP contribution >= 0.6 is 0 Å². The summed E-state index contributed by atoms with van der Waals surface area (Å²) in [7, 11) is 3.14. The fourth-order valence-electron chi connectivity index (χ4n) is 3.57. The largest absolute Gasteiger partial charge is 0.481 e. The van der Waals surface area contributed by atoms with E-state index in [0.29, 0.717) is 17.1 Å². The topological polar surface area (TPSA) is 91.2 Å². The van der Waals surface area contributed by atoms with E-state index < -0.39 is 18.9 Å². The number of hydrogen-bond acceptors (Lipinski definition) is 6. The fraction of sp³-hybridized carbons (Fsp3) is 0.250. The lowest BCUT2D eigenvalue weighted by atomic mass is 10.1. The molecule has 0 saturated carbocycles. The Kier molecular flexibility index (Phi) is 6.67. The lowest BCUT2D eigenvalue weighted by Crippen LogP contribution is -2.31. The van der Waals surface area contributed by atoms with Gasteiger partial charge in [0.15, 0.2) is 12.3 Å². The molecule has 176 valence electrons. The first-order chi connectivity index (χ1) is 16.4. The molecule has 1 amide bonds. The Bertz CT molecular complexity index is 1290. The highest BCUT2D eigenvalue weighted by Crippen LogP contribution is 2.36. The summed E-state index contributed by atoms with van der Waals surface area (Å²) in [6.07, 6.45) is -1.18. The SMILES string of the molecule is COc1ccc(C(C)NC(=O)COc2cc(C(F)F)c3c(-c4ccccc4)nn(C)c3n2)cn1. The first-order valence-corrected chi connectivity index (χ1v) is 10.5. The molecule has 0 radical (unpaired) electrons. The Balaban J connectivity index is 1.53. The highest BCUT2D eigenvalue weighted by Gasteiger charge is 2.23. The average Bonchev–Trinajstić information content (AvgIpc) is 3.19. The molecule has 1 aromatic carbocycles. The molecule has 4 aromatic rings. The van der Waals surface area contributed by atoms with Crippen molar-refractivity contribution < 1.29 is 23.0 Å². The molecule has 0 saturated heterocycles. The van der Waals surface area contributed by atoms with E-state index in [4.69, 9.17) is 9.47 Å². The second-order valence-electron chi connectivity index (χ2n) is 7.60. The third kappa shape index (κ3) is 4.80. The number of pyridine rings is 2. The number of ether oxygens (including phenoxy) is 2. The third-order valence-corrected chi connectivity index (χ3v) is 5.28. The smallest absolute Gasteiger partial charge is 0.264 e. The van der Waals surface area contributed by atoms with Crippen molar-refractivity contribution in [2.24, 2.45) is 7.05 Å². The maximum Gasteiger partial charge on any atom is 0.264 e. The van der Waals surface area contributed by atoms with Gasteiger partial charge >= 0.3 is 0 Å². The van der Waals surface area contributed by atoms with Gasteiger partial charge in [0.25, 0.3) is 12.3 Å². The van der Waals surface area contributed by atoms with E-state index in [9.17, 15) is 13.6 Å². The molecule has 8 nitrogen and oxygen atoms in total. The average molecular weight is 467 g/mol. The van der Waals surface area contributed by atoms with Gasteiger partial charge in [0.2, 0.25) is 11.8 Å². The standard InChI is InChI=1S/C24H23F2N5O3/c1-14(16-9-10-19(33-3)27-12-16)28-18(32)13-34-20-11-17(23(25)26)21-22(15-7-5-4-6-8-15)30-31(2)24(21)29-20/h4-12,14,23H,13H2,1-3H3,(H,28,32). The number of hydrogen-bond donors (Lipinski definition) is 1. The molecule has 4 rings (SSSR count). The normalized spacial score (nSPS) is 12.1. The van der Waals surface area contributed by atoms with Crippen LogP contribution in [0.4, 0.5) is 8.78 Å². The van der Waals surface area contributed by atoms with Gasteiger partial charge in [-0.25, -0.2) is 18.4 Å². The Morgan fingerprint density at radius 1 is 1.15 bits per heavy atom. The van der Waals surface area contributed by atoms with E-state index in [2.05, 4.69) is 20.4 Å². The molecule has 0 bridgehead atoms. The van der Waals surface area contributed by atoms with Gasteiger partial charge in [0.05, 0.1) is 18.5 Å². The number of nitrogens with zero attached hydrogens (tertiary/aromatic N) is 4. The number of carbonyl (C=O) groups is 1. The molecule has 0 spiro atoms. The van der Waals surface area contributed by atoms with E-state index in [-0.39, 0.29) is 28.5 Å². The Morgan fingerprint density at radius 2 is 1.91 bits per heavy atom. The lowest BCUT2D eigenvalue weighted by molar-refractivity contribution is -0.123. The number of benzene rings is 1. The summed E-state index contributed by atoms with van der Waals surface area (Å²) in [5.41, 5.74) is 1.87. The number of nitrogens with one attached hydrogen (secondary N) is 1. The van der Waals surface area contributed by atoms with Crippen LogP contribution in [0.2, 0.25) is 0 Å². The molecule has 0 aliphatic carbocycles. The predicted octanol–water partition coefficient (Wildman–Crippen LogP) is 4.23. The van der Waals surface area contributed by atoms with Crippen LogP contribution in [0.15, 0.2) is 54.7 Å². The van der Waals surface area contributed by atoms with Crippen molar-refractivity contribution in [3.05, 3.63) is 65.9 Å². The van der Waals surface area contributed by atoms with Gasteiger partial charge in [0.1, 0.15) is 5.69 Å². The number of rotatable bonds is 8. The van der Waals surface area contributed by atoms with Crippen molar-refractivity contribution in [1.29, 1.82) is 0 Å². The minimum Gasteiger partial charge on any atom is -0.481 e. The summed E-state index contributed by atoms with van der Waals surface area (Å²) in [5.74, 6) is -0.0504. The van der Waals surface area contributed by atoms with Gasteiger partial charge in [-0.3, -0.25) is 4.79 Å². The quantitative estimate of drug-likeness (QED) is 0.417. The monoisotopic (exact) mass is 467 g/mol. The highest BCUT2D eigenvalue weighted by molar-refractivity contribution is 5.94. The fourth-order valence-corrected chi connectivity index (χ4v) is 3.57. The van der Waals surface area contributed by atoms with Gasteiger partial charge < -0.3 is 14.8 Å². The van der Waals surface area contributed by atoms with E-state index in [1.165, 1.54) is 11.8 Å². The molecule has 10 heteroatoms. The summed E-state index contributed by atoms with van der Waals surface area (Å²) in [6.45, 7) is 1.40. The third-order valence-electron chi connectivity index (χ3n) is 5.28. The van der Waals surface area contributed by atoms with Crippen LogP contribution in [0.25, 0.3) is 22.3 Å². The minimum atomic E-state index is -2.78. The van der Waals surface area contributed by atoms with Crippen LogP contribution in [0.1, 0.15) is 30.5 Å². The molecule has 34 heavy (non-hydrogen) atoms. The van der Waals surface area contributed by atoms with Crippen molar-refractivity contribution in [1.82, 2.24) is 25.1 Å². The lowest BCUT2D eigenvalue weighted by Gasteiger charge is -2.15. The Labute approximate surface area is 194 Å². The summed E-state index contributed by atoms with van der Waals surface area (Å²) in [6, 6.07) is 13.3. The summed E-state index contributed by atoms with van der Waals surface area (Å²) < 4.78 is 39.9. The van der Waals surface area contributed by atoms with E-state index in [1.807, 2.05) is 18.2 Å². The molecular weight excluding hydrogens is 444 g/mol. The number of alkyl halides is 2. The van der Waals surface area contributed by atoms with Gasteiger partial charge in [-0.05, 0) is 12.5 Å². The Hall–Kier alpha value is -4.08. The molecule has 1 unspecified atom stereocenters. The van der Waals surface area contributed by atoms with Gasteiger partial charge in [-0.2, -0.15) is 10.1 Å². The number of aryl methyl sites for hydroxylation is 1. The zero-order chi connectivity index (χ0) is 24.2. The van der Waals surface area contributed by atoms with Crippen molar-refractivity contribution in [3.8, 4) is 23.0 Å². The number of aromatic nitrogens is 4. The van der Waals surface area contributed by atoms with E-state index >= 15 is 0 Å². The first-order valence-electron chi connectivity index (χ1n) is 10.5. The summed E-state index contributed by atoms with van der Waals surface area (Å²) in [4.78, 5) is 20.8. The van der Waals surface area contributed by atoms with Crippen LogP contribution in [0, 0.1) is 0 Å². The second kappa shape index (κ2) is 9.82. The molecule has 0 fully saturated rings. The molecule has 0 aliphatic heterocycles. The van der Waals surface area contributed by atoms with E-state index in [1.54, 1.807) is 44.4 Å². The highest BCUT2D eigenvalue weighted by atomic mass is 19.3. The number of methoxy groups -OCH3 is 1. The number of amides is 1. The molecule has 3 aromatic heterocycles. The summed E-state index contributed by atoms with van der Waals surface area (Å²) in [5, 5.41) is 7.42. The molecule has 1 atom stereocenters. The van der Waals surface area contributed by atoms with Crippen molar-refractivity contribution in [2.75, 3.05) is 13.7 Å². The first kappa shape index (κ1) is 23.1. The molecule has 1 N–H and O–H groups in total. The van der Waals surface area contributed by atoms with E-state index in [0.717, 1.165) is 11.6 Å². The molecule has 0 aliphatic rings. The molecule has 3 heterocycles. The van der Waals surface area contributed by atoms with Crippen LogP contribution in [0.3, 0.4) is 0 Å². The maximum atomic E-state index is 14.0.